The van der Waals surface area contributed by atoms with Crippen LogP contribution in [0.5, 0.6) is 0 Å². The summed E-state index contributed by atoms with van der Waals surface area (Å²) in [5, 5.41) is 14.7. The van der Waals surface area contributed by atoms with E-state index in [-0.39, 0.29) is 17.6 Å². The molecule has 0 fully saturated rings. The molecule has 0 spiro atoms. The zero-order chi connectivity index (χ0) is 23.7. The van der Waals surface area contributed by atoms with Gasteiger partial charge in [-0.05, 0) is 49.2 Å². The fourth-order valence-corrected chi connectivity index (χ4v) is 5.38. The molecule has 0 radical (unpaired) electrons. The number of fused-ring (bicyclic) bond motifs is 1. The summed E-state index contributed by atoms with van der Waals surface area (Å²) in [5.74, 6) is 0.139. The van der Waals surface area contributed by atoms with Crippen molar-refractivity contribution in [2.24, 2.45) is 0 Å². The number of carbonyl (C=O) groups excluding carboxylic acids is 2. The maximum absolute atomic E-state index is 13.1. The number of hydrogen-bond donors (Lipinski definition) is 1. The van der Waals surface area contributed by atoms with Crippen LogP contribution < -0.4 is 10.2 Å². The smallest absolute Gasteiger partial charge is 0.237 e. The van der Waals surface area contributed by atoms with Gasteiger partial charge in [0, 0.05) is 35.8 Å². The second-order valence-electron chi connectivity index (χ2n) is 7.89. The number of nitrogens with zero attached hydrogens (tertiary/aromatic N) is 5. The van der Waals surface area contributed by atoms with Crippen LogP contribution in [0.3, 0.4) is 0 Å². The first-order valence-electron chi connectivity index (χ1n) is 10.7. The number of aromatic nitrogens is 4. The Kier molecular flexibility index (Phi) is 6.16. The second kappa shape index (κ2) is 9.40. The number of nitrogens with one attached hydrogen (secondary N) is 1. The number of benzene rings is 2. The van der Waals surface area contributed by atoms with E-state index in [0.717, 1.165) is 34.1 Å². The molecular weight excluding hydrogens is 468 g/mol. The van der Waals surface area contributed by atoms with Gasteiger partial charge in [0.25, 0.3) is 0 Å². The highest BCUT2D eigenvalue weighted by molar-refractivity contribution is 7.99. The molecule has 5 rings (SSSR count). The third-order valence-electron chi connectivity index (χ3n) is 5.48. The van der Waals surface area contributed by atoms with E-state index in [4.69, 9.17) is 0 Å². The minimum Gasteiger partial charge on any atom is -0.326 e. The molecule has 34 heavy (non-hydrogen) atoms. The van der Waals surface area contributed by atoms with Crippen LogP contribution in [-0.2, 0) is 16.0 Å². The van der Waals surface area contributed by atoms with E-state index in [1.807, 2.05) is 52.8 Å². The van der Waals surface area contributed by atoms with E-state index in [9.17, 15) is 9.59 Å². The van der Waals surface area contributed by atoms with Crippen LogP contribution in [-0.4, -0.2) is 43.9 Å². The minimum absolute atomic E-state index is 0.0301. The standard InChI is InChI=1S/C24H22N6O2S2/c1-15(31)26-19-4-3-5-20(11-19)30-14-25-28-24(30)34-13-23(32)29-9-8-18-10-17(6-7-22(18)29)21-12-33-16(2)27-21/h3-7,10-12,14H,8-9,13H2,1-2H3,(H,26,31). The minimum atomic E-state index is -0.138. The second-order valence-corrected chi connectivity index (χ2v) is 9.90. The molecule has 10 heteroatoms. The van der Waals surface area contributed by atoms with E-state index in [1.54, 1.807) is 17.7 Å². The Morgan fingerprint density at radius 2 is 2.09 bits per heavy atom. The van der Waals surface area contributed by atoms with Crippen LogP contribution in [0.15, 0.2) is 59.3 Å². The van der Waals surface area contributed by atoms with Gasteiger partial charge in [0.05, 0.1) is 22.1 Å². The molecule has 1 N–H and O–H groups in total. The van der Waals surface area contributed by atoms with Crippen molar-refractivity contribution in [2.75, 3.05) is 22.5 Å². The number of hydrogen-bond acceptors (Lipinski definition) is 7. The third kappa shape index (κ3) is 4.59. The molecular formula is C24H22N6O2S2. The van der Waals surface area contributed by atoms with Gasteiger partial charge in [-0.25, -0.2) is 4.98 Å². The lowest BCUT2D eigenvalue weighted by Gasteiger charge is -2.17. The van der Waals surface area contributed by atoms with E-state index in [0.29, 0.717) is 17.4 Å². The molecule has 172 valence electrons. The largest absolute Gasteiger partial charge is 0.326 e. The normalized spacial score (nSPS) is 12.6. The molecule has 4 aromatic rings. The number of aryl methyl sites for hydroxylation is 1. The lowest BCUT2D eigenvalue weighted by atomic mass is 10.1. The highest BCUT2D eigenvalue weighted by atomic mass is 32.2. The maximum Gasteiger partial charge on any atom is 0.237 e. The summed E-state index contributed by atoms with van der Waals surface area (Å²) < 4.78 is 1.81. The molecule has 1 aliphatic heterocycles. The van der Waals surface area contributed by atoms with Crippen molar-refractivity contribution in [3.63, 3.8) is 0 Å². The highest BCUT2D eigenvalue weighted by Gasteiger charge is 2.25. The first-order chi connectivity index (χ1) is 16.5. The van der Waals surface area contributed by atoms with Crippen molar-refractivity contribution < 1.29 is 9.59 Å². The Morgan fingerprint density at radius 3 is 2.88 bits per heavy atom. The molecule has 2 aromatic carbocycles. The number of anilines is 2. The quantitative estimate of drug-likeness (QED) is 0.404. The topological polar surface area (TPSA) is 93.0 Å². The van der Waals surface area contributed by atoms with E-state index < -0.39 is 0 Å². The van der Waals surface area contributed by atoms with Crippen molar-refractivity contribution in [3.8, 4) is 16.9 Å². The SMILES string of the molecule is CC(=O)Nc1cccc(-n2cnnc2SCC(=O)N2CCc3cc(-c4csc(C)n4)ccc32)c1. The Morgan fingerprint density at radius 1 is 1.21 bits per heavy atom. The van der Waals surface area contributed by atoms with Crippen LogP contribution >= 0.6 is 23.1 Å². The summed E-state index contributed by atoms with van der Waals surface area (Å²) in [6.07, 6.45) is 2.43. The number of thioether (sulfide) groups is 1. The summed E-state index contributed by atoms with van der Waals surface area (Å²) in [6.45, 7) is 4.13. The summed E-state index contributed by atoms with van der Waals surface area (Å²) in [4.78, 5) is 30.9. The monoisotopic (exact) mass is 490 g/mol. The Labute approximate surface area is 205 Å². The number of carbonyl (C=O) groups is 2. The van der Waals surface area contributed by atoms with Crippen molar-refractivity contribution in [1.82, 2.24) is 19.7 Å². The summed E-state index contributed by atoms with van der Waals surface area (Å²) in [6, 6.07) is 13.6. The predicted octanol–water partition coefficient (Wildman–Crippen LogP) is 4.34. The van der Waals surface area contributed by atoms with Crippen LogP contribution in [0.2, 0.25) is 0 Å². The van der Waals surface area contributed by atoms with Gasteiger partial charge < -0.3 is 10.2 Å². The van der Waals surface area contributed by atoms with Gasteiger partial charge >= 0.3 is 0 Å². The van der Waals surface area contributed by atoms with Gasteiger partial charge in [-0.3, -0.25) is 14.2 Å². The van der Waals surface area contributed by atoms with Gasteiger partial charge in [0.1, 0.15) is 6.33 Å². The number of amides is 2. The zero-order valence-corrected chi connectivity index (χ0v) is 20.3. The molecule has 2 aromatic heterocycles. The van der Waals surface area contributed by atoms with Crippen LogP contribution in [0.4, 0.5) is 11.4 Å². The van der Waals surface area contributed by atoms with Gasteiger partial charge in [0.15, 0.2) is 5.16 Å². The zero-order valence-electron chi connectivity index (χ0n) is 18.7. The van der Waals surface area contributed by atoms with Gasteiger partial charge in [-0.15, -0.1) is 21.5 Å². The predicted molar refractivity (Wildman–Crippen MR) is 135 cm³/mol. The molecule has 0 saturated heterocycles. The third-order valence-corrected chi connectivity index (χ3v) is 7.18. The van der Waals surface area contributed by atoms with Crippen LogP contribution in [0, 0.1) is 6.92 Å². The first kappa shape index (κ1) is 22.3. The molecule has 1 aliphatic rings. The van der Waals surface area contributed by atoms with E-state index in [1.165, 1.54) is 24.2 Å². The summed E-state index contributed by atoms with van der Waals surface area (Å²) in [7, 11) is 0. The molecule has 0 saturated carbocycles. The van der Waals surface area contributed by atoms with Crippen molar-refractivity contribution in [1.29, 1.82) is 0 Å². The lowest BCUT2D eigenvalue weighted by Crippen LogP contribution is -2.30. The average molecular weight is 491 g/mol. The Balaban J connectivity index is 1.28. The molecule has 0 bridgehead atoms. The van der Waals surface area contributed by atoms with Gasteiger partial charge in [0.2, 0.25) is 11.8 Å². The summed E-state index contributed by atoms with van der Waals surface area (Å²) >= 11 is 2.98. The van der Waals surface area contributed by atoms with Gasteiger partial charge in [-0.2, -0.15) is 0 Å². The number of thiazole rings is 1. The molecule has 8 nitrogen and oxygen atoms in total. The maximum atomic E-state index is 13.1. The van der Waals surface area contributed by atoms with E-state index in [2.05, 4.69) is 31.9 Å². The molecule has 0 atom stereocenters. The number of rotatable bonds is 6. The fourth-order valence-electron chi connectivity index (χ4n) is 3.96. The molecule has 0 unspecified atom stereocenters. The Hall–Kier alpha value is -3.50. The van der Waals surface area contributed by atoms with Crippen LogP contribution in [0.25, 0.3) is 16.9 Å². The fraction of sp³-hybridized carbons (Fsp3) is 0.208. The molecule has 3 heterocycles. The average Bonchev–Trinajstić information content (AvgIpc) is 3.56. The van der Waals surface area contributed by atoms with Crippen molar-refractivity contribution in [3.05, 3.63) is 64.7 Å². The lowest BCUT2D eigenvalue weighted by molar-refractivity contribution is -0.116. The van der Waals surface area contributed by atoms with E-state index >= 15 is 0 Å². The van der Waals surface area contributed by atoms with Crippen molar-refractivity contribution >= 4 is 46.3 Å². The Bertz CT molecular complexity index is 1380. The highest BCUT2D eigenvalue weighted by Crippen LogP contribution is 2.33. The molecule has 2 amide bonds. The first-order valence-corrected chi connectivity index (χ1v) is 12.6. The molecule has 0 aliphatic carbocycles. The van der Waals surface area contributed by atoms with Gasteiger partial charge in [-0.1, -0.05) is 23.9 Å². The van der Waals surface area contributed by atoms with Crippen molar-refractivity contribution in [2.45, 2.75) is 25.4 Å². The van der Waals surface area contributed by atoms with Crippen LogP contribution in [0.1, 0.15) is 17.5 Å². The summed E-state index contributed by atoms with van der Waals surface area (Å²) in [5.41, 5.74) is 5.69.